The third-order valence-electron chi connectivity index (χ3n) is 2.26. The number of hydrogen-bond acceptors (Lipinski definition) is 2. The van der Waals surface area contributed by atoms with E-state index >= 15 is 0 Å². The van der Waals surface area contributed by atoms with E-state index in [4.69, 9.17) is 0 Å². The molecule has 2 rings (SSSR count). The van der Waals surface area contributed by atoms with Crippen LogP contribution in [0.4, 0.5) is 0 Å². The minimum Gasteiger partial charge on any atom is -0.252 e. The van der Waals surface area contributed by atoms with E-state index in [2.05, 4.69) is 42.4 Å². The predicted octanol–water partition coefficient (Wildman–Crippen LogP) is 3.57. The van der Waals surface area contributed by atoms with Crippen molar-refractivity contribution in [2.45, 2.75) is 18.7 Å². The number of fused-ring (bicyclic) bond motifs is 1. The highest BCUT2D eigenvalue weighted by molar-refractivity contribution is 7.98. The minimum atomic E-state index is 1.08. The van der Waals surface area contributed by atoms with E-state index in [0.29, 0.717) is 0 Å². The van der Waals surface area contributed by atoms with Crippen molar-refractivity contribution in [2.24, 2.45) is 0 Å². The van der Waals surface area contributed by atoms with Gasteiger partial charge in [0.15, 0.2) is 0 Å². The molecule has 72 valence electrons. The van der Waals surface area contributed by atoms with Gasteiger partial charge in [-0.2, -0.15) is 0 Å². The Bertz CT molecular complexity index is 477. The van der Waals surface area contributed by atoms with E-state index in [1.54, 1.807) is 11.8 Å². The Morgan fingerprint density at radius 2 is 1.93 bits per heavy atom. The predicted molar refractivity (Wildman–Crippen MR) is 63.0 cm³/mol. The number of benzene rings is 1. The van der Waals surface area contributed by atoms with Crippen LogP contribution in [0.1, 0.15) is 11.3 Å². The van der Waals surface area contributed by atoms with Gasteiger partial charge in [-0.25, -0.2) is 0 Å². The molecule has 0 aliphatic carbocycles. The zero-order valence-electron chi connectivity index (χ0n) is 8.66. The third-order valence-corrected chi connectivity index (χ3v) is 3.01. The van der Waals surface area contributed by atoms with Crippen molar-refractivity contribution in [1.29, 1.82) is 0 Å². The molecule has 1 aromatic carbocycles. The lowest BCUT2D eigenvalue weighted by atomic mass is 10.1. The first kappa shape index (κ1) is 9.53. The van der Waals surface area contributed by atoms with Gasteiger partial charge in [-0.15, -0.1) is 11.8 Å². The fourth-order valence-corrected chi connectivity index (χ4v) is 2.26. The van der Waals surface area contributed by atoms with Crippen LogP contribution in [0, 0.1) is 13.8 Å². The van der Waals surface area contributed by atoms with Crippen LogP contribution in [0.15, 0.2) is 29.2 Å². The molecule has 0 aliphatic heterocycles. The molecule has 0 aliphatic rings. The molecule has 0 bridgehead atoms. The van der Waals surface area contributed by atoms with Gasteiger partial charge in [-0.05, 0) is 43.9 Å². The van der Waals surface area contributed by atoms with Crippen molar-refractivity contribution in [3.05, 3.63) is 35.5 Å². The number of pyridine rings is 1. The largest absolute Gasteiger partial charge is 0.252 e. The van der Waals surface area contributed by atoms with E-state index in [1.165, 1.54) is 15.8 Å². The van der Waals surface area contributed by atoms with Crippen LogP contribution in [-0.2, 0) is 0 Å². The maximum Gasteiger partial charge on any atom is 0.0840 e. The highest BCUT2D eigenvalue weighted by atomic mass is 32.2. The first-order valence-corrected chi connectivity index (χ1v) is 5.85. The second-order valence-corrected chi connectivity index (χ2v) is 4.34. The molecule has 0 radical (unpaired) electrons. The molecule has 0 amide bonds. The van der Waals surface area contributed by atoms with Crippen molar-refractivity contribution in [1.82, 2.24) is 4.98 Å². The van der Waals surface area contributed by atoms with Gasteiger partial charge in [-0.1, -0.05) is 6.07 Å². The van der Waals surface area contributed by atoms with Gasteiger partial charge in [0.2, 0.25) is 0 Å². The van der Waals surface area contributed by atoms with E-state index in [9.17, 15) is 0 Å². The van der Waals surface area contributed by atoms with Crippen LogP contribution >= 0.6 is 11.8 Å². The van der Waals surface area contributed by atoms with Crippen LogP contribution in [-0.4, -0.2) is 11.2 Å². The average molecular weight is 203 g/mol. The number of thioether (sulfide) groups is 1. The third kappa shape index (κ3) is 1.62. The van der Waals surface area contributed by atoms with Gasteiger partial charge in [0.1, 0.15) is 0 Å². The topological polar surface area (TPSA) is 12.9 Å². The van der Waals surface area contributed by atoms with E-state index in [1.807, 2.05) is 6.92 Å². The number of rotatable bonds is 1. The van der Waals surface area contributed by atoms with Gasteiger partial charge in [0.05, 0.1) is 5.52 Å². The summed E-state index contributed by atoms with van der Waals surface area (Å²) in [6.07, 6.45) is 2.10. The fraction of sp³-hybridized carbons (Fsp3) is 0.250. The van der Waals surface area contributed by atoms with Gasteiger partial charge < -0.3 is 0 Å². The van der Waals surface area contributed by atoms with E-state index in [0.717, 1.165) is 11.2 Å². The Morgan fingerprint density at radius 1 is 1.14 bits per heavy atom. The minimum absolute atomic E-state index is 1.08. The lowest BCUT2D eigenvalue weighted by Gasteiger charge is -2.05. The van der Waals surface area contributed by atoms with Crippen LogP contribution < -0.4 is 0 Å². The first-order chi connectivity index (χ1) is 6.70. The maximum absolute atomic E-state index is 4.57. The molecule has 0 N–H and O–H groups in total. The summed E-state index contributed by atoms with van der Waals surface area (Å²) in [7, 11) is 0. The van der Waals surface area contributed by atoms with Crippen molar-refractivity contribution in [2.75, 3.05) is 6.26 Å². The Balaban J connectivity index is 2.81. The summed E-state index contributed by atoms with van der Waals surface area (Å²) in [4.78, 5) is 5.83. The van der Waals surface area contributed by atoms with Gasteiger partial charge in [0.25, 0.3) is 0 Å². The molecule has 0 unspecified atom stereocenters. The highest BCUT2D eigenvalue weighted by Gasteiger charge is 2.02. The summed E-state index contributed by atoms with van der Waals surface area (Å²) >= 11 is 1.76. The Hall–Kier alpha value is -1.02. The molecule has 14 heavy (non-hydrogen) atoms. The second-order valence-electron chi connectivity index (χ2n) is 3.49. The van der Waals surface area contributed by atoms with Crippen LogP contribution in [0.25, 0.3) is 10.9 Å². The fourth-order valence-electron chi connectivity index (χ4n) is 1.60. The van der Waals surface area contributed by atoms with Gasteiger partial charge in [0, 0.05) is 16.0 Å². The SMILES string of the molecule is CSc1cc(C)cc2ccc(C)nc12. The molecule has 0 spiro atoms. The number of hydrogen-bond donors (Lipinski definition) is 0. The van der Waals surface area contributed by atoms with Crippen LogP contribution in [0.3, 0.4) is 0 Å². The van der Waals surface area contributed by atoms with Crippen molar-refractivity contribution >= 4 is 22.7 Å². The molecular weight excluding hydrogens is 190 g/mol. The first-order valence-electron chi connectivity index (χ1n) is 4.62. The maximum atomic E-state index is 4.57. The standard InChI is InChI=1S/C12H13NS/c1-8-6-10-5-4-9(2)13-12(10)11(7-8)14-3/h4-7H,1-3H3. The summed E-state index contributed by atoms with van der Waals surface area (Å²) in [6.45, 7) is 4.16. The Morgan fingerprint density at radius 3 is 2.64 bits per heavy atom. The Labute approximate surface area is 88.6 Å². The van der Waals surface area contributed by atoms with Crippen LogP contribution in [0.5, 0.6) is 0 Å². The Kier molecular flexibility index (Phi) is 2.46. The lowest BCUT2D eigenvalue weighted by molar-refractivity contribution is 1.22. The molecule has 0 atom stereocenters. The van der Waals surface area contributed by atoms with Crippen molar-refractivity contribution in [3.63, 3.8) is 0 Å². The second kappa shape index (κ2) is 3.62. The molecule has 1 heterocycles. The molecule has 1 nitrogen and oxygen atoms in total. The van der Waals surface area contributed by atoms with E-state index < -0.39 is 0 Å². The molecule has 0 saturated heterocycles. The molecule has 0 saturated carbocycles. The number of aromatic nitrogens is 1. The smallest absolute Gasteiger partial charge is 0.0840 e. The van der Waals surface area contributed by atoms with Crippen LogP contribution in [0.2, 0.25) is 0 Å². The van der Waals surface area contributed by atoms with Crippen molar-refractivity contribution < 1.29 is 0 Å². The van der Waals surface area contributed by atoms with E-state index in [-0.39, 0.29) is 0 Å². The summed E-state index contributed by atoms with van der Waals surface area (Å²) < 4.78 is 0. The molecular formula is C12H13NS. The normalized spacial score (nSPS) is 10.8. The number of aryl methyl sites for hydroxylation is 2. The quantitative estimate of drug-likeness (QED) is 0.657. The lowest BCUT2D eigenvalue weighted by Crippen LogP contribution is -1.86. The summed E-state index contributed by atoms with van der Waals surface area (Å²) in [5.41, 5.74) is 3.51. The highest BCUT2D eigenvalue weighted by Crippen LogP contribution is 2.26. The molecule has 2 aromatic rings. The summed E-state index contributed by atoms with van der Waals surface area (Å²) in [5, 5.41) is 1.24. The van der Waals surface area contributed by atoms with Gasteiger partial charge >= 0.3 is 0 Å². The monoisotopic (exact) mass is 203 g/mol. The average Bonchev–Trinajstić information content (AvgIpc) is 2.17. The zero-order chi connectivity index (χ0) is 10.1. The van der Waals surface area contributed by atoms with Crippen molar-refractivity contribution in [3.8, 4) is 0 Å². The van der Waals surface area contributed by atoms with Gasteiger partial charge in [-0.3, -0.25) is 4.98 Å². The zero-order valence-corrected chi connectivity index (χ0v) is 9.48. The molecule has 1 aromatic heterocycles. The molecule has 2 heteroatoms. The molecule has 0 fully saturated rings. The summed E-state index contributed by atoms with van der Waals surface area (Å²) in [5.74, 6) is 0. The summed E-state index contributed by atoms with van der Waals surface area (Å²) in [6, 6.07) is 8.58. The number of nitrogens with zero attached hydrogens (tertiary/aromatic N) is 1.